The number of thiophene rings is 1. The van der Waals surface area contributed by atoms with Crippen molar-refractivity contribution in [3.63, 3.8) is 0 Å². The fourth-order valence-electron chi connectivity index (χ4n) is 2.88. The van der Waals surface area contributed by atoms with E-state index in [-0.39, 0.29) is 17.8 Å². The number of carbonyl (C=O) groups excluding carboxylic acids is 1. The summed E-state index contributed by atoms with van der Waals surface area (Å²) in [5, 5.41) is 7.95. The molecule has 1 atom stereocenters. The van der Waals surface area contributed by atoms with Crippen LogP contribution in [0.25, 0.3) is 10.6 Å². The molecule has 0 bridgehead atoms. The third-order valence-corrected chi connectivity index (χ3v) is 7.15. The van der Waals surface area contributed by atoms with Crippen molar-refractivity contribution < 1.29 is 9.18 Å². The molecule has 3 heterocycles. The van der Waals surface area contributed by atoms with Gasteiger partial charge in [-0.05, 0) is 36.4 Å². The van der Waals surface area contributed by atoms with E-state index in [1.165, 1.54) is 29.2 Å². The maximum atomic E-state index is 14.0. The smallest absolute Gasteiger partial charge is 0.263 e. The van der Waals surface area contributed by atoms with Crippen LogP contribution in [0.1, 0.15) is 33.4 Å². The molecule has 0 saturated heterocycles. The average Bonchev–Trinajstić information content (AvgIpc) is 3.25. The Bertz CT molecular complexity index is 921. The minimum absolute atomic E-state index is 0.136. The van der Waals surface area contributed by atoms with Gasteiger partial charge in [-0.15, -0.1) is 23.1 Å². The predicted molar refractivity (Wildman–Crippen MR) is 102 cm³/mol. The molecule has 1 aliphatic rings. The first kappa shape index (κ1) is 16.8. The first-order valence-electron chi connectivity index (χ1n) is 7.85. The Morgan fingerprint density at radius 3 is 3.04 bits per heavy atom. The molecule has 2 aromatic heterocycles. The normalized spacial score (nSPS) is 16.5. The third-order valence-electron chi connectivity index (χ3n) is 4.10. The number of halogens is 1. The number of thiazole rings is 1. The Morgan fingerprint density at radius 2 is 2.24 bits per heavy atom. The quantitative estimate of drug-likeness (QED) is 0.661. The van der Waals surface area contributed by atoms with E-state index in [0.29, 0.717) is 9.77 Å². The molecule has 0 spiro atoms. The largest absolute Gasteiger partial charge is 0.344 e. The lowest BCUT2D eigenvalue weighted by Gasteiger charge is -2.26. The number of nitrogens with one attached hydrogen (secondary N) is 1. The molecular weight excluding hydrogens is 375 g/mol. The number of benzene rings is 1. The van der Waals surface area contributed by atoms with Crippen LogP contribution >= 0.6 is 34.4 Å². The molecule has 1 amide bonds. The molecule has 0 aliphatic carbocycles. The summed E-state index contributed by atoms with van der Waals surface area (Å²) >= 11 is 4.52. The van der Waals surface area contributed by atoms with Crippen molar-refractivity contribution >= 4 is 40.3 Å². The van der Waals surface area contributed by atoms with Gasteiger partial charge < -0.3 is 5.32 Å². The van der Waals surface area contributed by atoms with Crippen LogP contribution in [0.5, 0.6) is 0 Å². The Morgan fingerprint density at radius 1 is 1.36 bits per heavy atom. The molecule has 0 radical (unpaired) electrons. The number of aryl methyl sites for hydroxylation is 1. The van der Waals surface area contributed by atoms with Crippen LogP contribution in [-0.2, 0) is 0 Å². The molecule has 7 heteroatoms. The Labute approximate surface area is 157 Å². The van der Waals surface area contributed by atoms with Crippen LogP contribution < -0.4 is 5.32 Å². The molecule has 25 heavy (non-hydrogen) atoms. The fourth-order valence-corrected chi connectivity index (χ4v) is 5.70. The summed E-state index contributed by atoms with van der Waals surface area (Å²) in [5.41, 5.74) is 2.64. The van der Waals surface area contributed by atoms with E-state index < -0.39 is 0 Å². The van der Waals surface area contributed by atoms with Crippen molar-refractivity contribution in [1.82, 2.24) is 10.3 Å². The van der Waals surface area contributed by atoms with Crippen molar-refractivity contribution in [2.24, 2.45) is 0 Å². The van der Waals surface area contributed by atoms with Crippen molar-refractivity contribution in [1.29, 1.82) is 0 Å². The molecule has 1 aliphatic heterocycles. The van der Waals surface area contributed by atoms with Crippen LogP contribution in [-0.4, -0.2) is 16.6 Å². The summed E-state index contributed by atoms with van der Waals surface area (Å²) in [7, 11) is 0. The third kappa shape index (κ3) is 3.23. The van der Waals surface area contributed by atoms with Gasteiger partial charge >= 0.3 is 0 Å². The van der Waals surface area contributed by atoms with E-state index in [1.54, 1.807) is 17.4 Å². The first-order chi connectivity index (χ1) is 12.1. The first-order valence-corrected chi connectivity index (χ1v) is 10.6. The topological polar surface area (TPSA) is 42.0 Å². The SMILES string of the molecule is Cc1nc(-c2ccsc2)sc1C(=O)N[C@@H]1CCSc2c(F)cccc21. The second-order valence-electron chi connectivity index (χ2n) is 5.77. The lowest BCUT2D eigenvalue weighted by molar-refractivity contribution is 0.0938. The highest BCUT2D eigenvalue weighted by Crippen LogP contribution is 2.38. The van der Waals surface area contributed by atoms with E-state index >= 15 is 0 Å². The summed E-state index contributed by atoms with van der Waals surface area (Å²) in [6.45, 7) is 1.85. The lowest BCUT2D eigenvalue weighted by atomic mass is 10.0. The summed E-state index contributed by atoms with van der Waals surface area (Å²) in [6, 6.07) is 6.90. The van der Waals surface area contributed by atoms with Gasteiger partial charge in [-0.3, -0.25) is 4.79 Å². The van der Waals surface area contributed by atoms with Gasteiger partial charge in [0.25, 0.3) is 5.91 Å². The Balaban J connectivity index is 1.59. The minimum atomic E-state index is -0.213. The predicted octanol–water partition coefficient (Wildman–Crippen LogP) is 5.29. The second-order valence-corrected chi connectivity index (χ2v) is 8.65. The maximum Gasteiger partial charge on any atom is 0.263 e. The number of thioether (sulfide) groups is 1. The zero-order chi connectivity index (χ0) is 17.4. The average molecular weight is 391 g/mol. The van der Waals surface area contributed by atoms with E-state index in [4.69, 9.17) is 0 Å². The van der Waals surface area contributed by atoms with E-state index in [2.05, 4.69) is 10.3 Å². The molecule has 0 fully saturated rings. The molecule has 1 N–H and O–H groups in total. The number of carbonyl (C=O) groups is 1. The molecule has 0 saturated carbocycles. The van der Waals surface area contributed by atoms with Gasteiger partial charge in [-0.25, -0.2) is 9.37 Å². The van der Waals surface area contributed by atoms with Crippen molar-refractivity contribution in [3.05, 3.63) is 57.0 Å². The maximum absolute atomic E-state index is 14.0. The minimum Gasteiger partial charge on any atom is -0.344 e. The van der Waals surface area contributed by atoms with Gasteiger partial charge in [0, 0.05) is 21.6 Å². The summed E-state index contributed by atoms with van der Waals surface area (Å²) in [5.74, 6) is 0.444. The van der Waals surface area contributed by atoms with E-state index in [9.17, 15) is 9.18 Å². The molecule has 1 aromatic carbocycles. The molecule has 3 nitrogen and oxygen atoms in total. The van der Waals surface area contributed by atoms with Crippen LogP contribution in [0.3, 0.4) is 0 Å². The van der Waals surface area contributed by atoms with Gasteiger partial charge in [0.1, 0.15) is 15.7 Å². The van der Waals surface area contributed by atoms with Crippen molar-refractivity contribution in [2.75, 3.05) is 5.75 Å². The highest BCUT2D eigenvalue weighted by atomic mass is 32.2. The van der Waals surface area contributed by atoms with Crippen molar-refractivity contribution in [3.8, 4) is 10.6 Å². The number of rotatable bonds is 3. The molecule has 128 valence electrons. The zero-order valence-corrected chi connectivity index (χ0v) is 15.9. The monoisotopic (exact) mass is 390 g/mol. The zero-order valence-electron chi connectivity index (χ0n) is 13.4. The Kier molecular flexibility index (Phi) is 4.62. The van der Waals surface area contributed by atoms with E-state index in [0.717, 1.165) is 34.0 Å². The molecule has 3 aromatic rings. The standard InChI is InChI=1S/C18H15FN2OS3/c1-10-15(25-18(20-10)11-5-7-23-9-11)17(22)21-14-6-8-24-16-12(14)3-2-4-13(16)19/h2-5,7,9,14H,6,8H2,1H3,(H,21,22)/t14-/m1/s1. The number of hydrogen-bond acceptors (Lipinski definition) is 5. The molecular formula is C18H15FN2OS3. The number of nitrogens with zero attached hydrogens (tertiary/aromatic N) is 1. The lowest BCUT2D eigenvalue weighted by Crippen LogP contribution is -2.30. The number of aromatic nitrogens is 1. The van der Waals surface area contributed by atoms with Gasteiger partial charge in [0.05, 0.1) is 11.7 Å². The summed E-state index contributed by atoms with van der Waals surface area (Å²) < 4.78 is 14.0. The van der Waals surface area contributed by atoms with Crippen molar-refractivity contribution in [2.45, 2.75) is 24.3 Å². The fraction of sp³-hybridized carbons (Fsp3) is 0.222. The molecule has 0 unspecified atom stereocenters. The van der Waals surface area contributed by atoms with E-state index in [1.807, 2.05) is 29.8 Å². The van der Waals surface area contributed by atoms with Crippen LogP contribution in [0.2, 0.25) is 0 Å². The van der Waals surface area contributed by atoms with Crippen LogP contribution in [0, 0.1) is 12.7 Å². The second kappa shape index (κ2) is 6.90. The van der Waals surface area contributed by atoms with Gasteiger partial charge in [0.2, 0.25) is 0 Å². The van der Waals surface area contributed by atoms with Crippen LogP contribution in [0.15, 0.2) is 39.9 Å². The number of hydrogen-bond donors (Lipinski definition) is 1. The van der Waals surface area contributed by atoms with Gasteiger partial charge in [-0.2, -0.15) is 11.3 Å². The highest BCUT2D eigenvalue weighted by molar-refractivity contribution is 7.99. The summed E-state index contributed by atoms with van der Waals surface area (Å²) in [6.07, 6.45) is 0.794. The Hall–Kier alpha value is -1.70. The molecule has 4 rings (SSSR count). The van der Waals surface area contributed by atoms with Gasteiger partial charge in [-0.1, -0.05) is 12.1 Å². The summed E-state index contributed by atoms with van der Waals surface area (Å²) in [4.78, 5) is 18.6. The number of amides is 1. The van der Waals surface area contributed by atoms with Crippen LogP contribution in [0.4, 0.5) is 4.39 Å². The highest BCUT2D eigenvalue weighted by Gasteiger charge is 2.26. The number of fused-ring (bicyclic) bond motifs is 1. The van der Waals surface area contributed by atoms with Gasteiger partial charge in [0.15, 0.2) is 0 Å².